The van der Waals surface area contributed by atoms with Crippen molar-refractivity contribution in [1.29, 1.82) is 0 Å². The number of ether oxygens (including phenoxy) is 1. The van der Waals surface area contributed by atoms with E-state index in [0.717, 1.165) is 32.3 Å². The first kappa shape index (κ1) is 18.2. The van der Waals surface area contributed by atoms with Gasteiger partial charge in [-0.1, -0.05) is 20.3 Å². The topological polar surface area (TPSA) is 59.3 Å². The lowest BCUT2D eigenvalue weighted by Gasteiger charge is -2.38. The van der Waals surface area contributed by atoms with E-state index < -0.39 is 0 Å². The third-order valence-electron chi connectivity index (χ3n) is 5.12. The lowest BCUT2D eigenvalue weighted by molar-refractivity contribution is -0.00672. The standard InChI is InChI=1S/C18H36N3O/c1-3-5-17(22-12-4-2)14-10-11-20-18(13-14)21-16-8-6-15(19)7-9-16/h11,14-18,20-21H,3-10,12-13,19H2,1-2H3. The quantitative estimate of drug-likeness (QED) is 0.645. The molecule has 0 amide bonds. The summed E-state index contributed by atoms with van der Waals surface area (Å²) in [5, 5.41) is 7.35. The van der Waals surface area contributed by atoms with Crippen LogP contribution >= 0.6 is 0 Å². The summed E-state index contributed by atoms with van der Waals surface area (Å²) >= 11 is 0. The van der Waals surface area contributed by atoms with Gasteiger partial charge >= 0.3 is 0 Å². The maximum atomic E-state index is 6.13. The fourth-order valence-electron chi connectivity index (χ4n) is 3.83. The van der Waals surface area contributed by atoms with Crippen molar-refractivity contribution in [2.75, 3.05) is 6.61 Å². The molecule has 2 aliphatic rings. The fraction of sp³-hybridized carbons (Fsp3) is 0.944. The molecule has 3 unspecified atom stereocenters. The third-order valence-corrected chi connectivity index (χ3v) is 5.12. The molecule has 0 spiro atoms. The average molecular weight is 311 g/mol. The molecule has 2 fully saturated rings. The second kappa shape index (κ2) is 9.86. The molecule has 3 atom stereocenters. The van der Waals surface area contributed by atoms with Crippen molar-refractivity contribution in [3.63, 3.8) is 0 Å². The number of nitrogens with one attached hydrogen (secondary N) is 2. The minimum absolute atomic E-state index is 0.405. The summed E-state index contributed by atoms with van der Waals surface area (Å²) in [6, 6.07) is 1.05. The van der Waals surface area contributed by atoms with Crippen molar-refractivity contribution in [2.45, 2.75) is 96.0 Å². The molecule has 22 heavy (non-hydrogen) atoms. The summed E-state index contributed by atoms with van der Waals surface area (Å²) in [7, 11) is 0. The summed E-state index contributed by atoms with van der Waals surface area (Å²) in [6.45, 7) is 7.59. The van der Waals surface area contributed by atoms with Gasteiger partial charge in [0.2, 0.25) is 0 Å². The van der Waals surface area contributed by atoms with Crippen molar-refractivity contribution in [3.05, 3.63) is 6.54 Å². The predicted octanol–water partition coefficient (Wildman–Crippen LogP) is 2.93. The molecule has 1 heterocycles. The number of hydrogen-bond donors (Lipinski definition) is 3. The monoisotopic (exact) mass is 310 g/mol. The van der Waals surface area contributed by atoms with Crippen molar-refractivity contribution in [3.8, 4) is 0 Å². The predicted molar refractivity (Wildman–Crippen MR) is 92.3 cm³/mol. The molecule has 1 radical (unpaired) electrons. The molecular weight excluding hydrogens is 274 g/mol. The second-order valence-electron chi connectivity index (χ2n) is 7.13. The molecule has 1 saturated carbocycles. The highest BCUT2D eigenvalue weighted by molar-refractivity contribution is 4.90. The SMILES string of the molecule is CCCOC(CCC)C1C[CH]NC(NC2CCC(N)CC2)C1. The van der Waals surface area contributed by atoms with Gasteiger partial charge < -0.3 is 10.5 Å². The first-order chi connectivity index (χ1) is 10.7. The molecule has 1 aliphatic carbocycles. The van der Waals surface area contributed by atoms with E-state index in [1.165, 1.54) is 32.1 Å². The van der Waals surface area contributed by atoms with E-state index in [1.54, 1.807) is 0 Å². The summed E-state index contributed by atoms with van der Waals surface area (Å²) < 4.78 is 6.13. The third kappa shape index (κ3) is 5.80. The van der Waals surface area contributed by atoms with E-state index >= 15 is 0 Å². The molecule has 0 aromatic rings. The van der Waals surface area contributed by atoms with Crippen molar-refractivity contribution < 1.29 is 4.74 Å². The van der Waals surface area contributed by atoms with Crippen LogP contribution in [0.1, 0.15) is 71.6 Å². The largest absolute Gasteiger partial charge is 0.378 e. The average Bonchev–Trinajstić information content (AvgIpc) is 2.54. The molecule has 4 heteroatoms. The number of piperidine rings is 1. The van der Waals surface area contributed by atoms with Crippen LogP contribution in [0.25, 0.3) is 0 Å². The molecule has 4 nitrogen and oxygen atoms in total. The summed E-state index contributed by atoms with van der Waals surface area (Å²) in [4.78, 5) is 0. The molecule has 0 aromatic carbocycles. The highest BCUT2D eigenvalue weighted by Gasteiger charge is 2.30. The first-order valence-corrected chi connectivity index (χ1v) is 9.43. The Labute approximate surface area is 136 Å². The van der Waals surface area contributed by atoms with Crippen molar-refractivity contribution in [1.82, 2.24) is 10.6 Å². The molecule has 1 saturated heterocycles. The highest BCUT2D eigenvalue weighted by Crippen LogP contribution is 2.27. The fourth-order valence-corrected chi connectivity index (χ4v) is 3.83. The van der Waals surface area contributed by atoms with Crippen LogP contribution in [0, 0.1) is 12.5 Å². The minimum Gasteiger partial charge on any atom is -0.378 e. The van der Waals surface area contributed by atoms with Crippen LogP contribution in [0.15, 0.2) is 0 Å². The van der Waals surface area contributed by atoms with Crippen LogP contribution in [0.3, 0.4) is 0 Å². The molecular formula is C18H36N3O. The van der Waals surface area contributed by atoms with E-state index in [9.17, 15) is 0 Å². The van der Waals surface area contributed by atoms with Crippen molar-refractivity contribution in [2.24, 2.45) is 11.7 Å². The maximum absolute atomic E-state index is 6.13. The minimum atomic E-state index is 0.405. The van der Waals surface area contributed by atoms with E-state index in [-0.39, 0.29) is 0 Å². The normalized spacial score (nSPS) is 34.5. The van der Waals surface area contributed by atoms with Crippen LogP contribution < -0.4 is 16.4 Å². The van der Waals surface area contributed by atoms with Gasteiger partial charge in [-0.05, 0) is 57.3 Å². The Balaban J connectivity index is 1.79. The zero-order chi connectivity index (χ0) is 15.8. The van der Waals surface area contributed by atoms with Gasteiger partial charge in [0.15, 0.2) is 0 Å². The number of rotatable bonds is 8. The number of hydrogen-bond acceptors (Lipinski definition) is 4. The Morgan fingerprint density at radius 2 is 2.00 bits per heavy atom. The smallest absolute Gasteiger partial charge is 0.0604 e. The van der Waals surface area contributed by atoms with Crippen LogP contribution in [0.4, 0.5) is 0 Å². The molecule has 0 aromatic heterocycles. The lowest BCUT2D eigenvalue weighted by Crippen LogP contribution is -2.52. The van der Waals surface area contributed by atoms with E-state index in [1.807, 2.05) is 0 Å². The Kier molecular flexibility index (Phi) is 8.15. The van der Waals surface area contributed by atoms with Gasteiger partial charge in [-0.2, -0.15) is 0 Å². The first-order valence-electron chi connectivity index (χ1n) is 9.43. The lowest BCUT2D eigenvalue weighted by atomic mass is 9.86. The summed E-state index contributed by atoms with van der Waals surface area (Å²) in [5.41, 5.74) is 6.01. The van der Waals surface area contributed by atoms with Gasteiger partial charge in [0.25, 0.3) is 0 Å². The molecule has 4 N–H and O–H groups in total. The molecule has 1 aliphatic heterocycles. The van der Waals surface area contributed by atoms with Gasteiger partial charge in [0, 0.05) is 25.2 Å². The number of nitrogens with two attached hydrogens (primary N) is 1. The Morgan fingerprint density at radius 3 is 2.68 bits per heavy atom. The van der Waals surface area contributed by atoms with Gasteiger partial charge in [-0.25, -0.2) is 0 Å². The Morgan fingerprint density at radius 1 is 1.23 bits per heavy atom. The molecule has 0 bridgehead atoms. The molecule has 129 valence electrons. The van der Waals surface area contributed by atoms with Crippen LogP contribution in [0.2, 0.25) is 0 Å². The van der Waals surface area contributed by atoms with Crippen LogP contribution in [-0.2, 0) is 4.74 Å². The highest BCUT2D eigenvalue weighted by atomic mass is 16.5. The van der Waals surface area contributed by atoms with E-state index in [2.05, 4.69) is 31.0 Å². The van der Waals surface area contributed by atoms with Gasteiger partial charge in [-0.15, -0.1) is 0 Å². The second-order valence-corrected chi connectivity index (χ2v) is 7.13. The van der Waals surface area contributed by atoms with Crippen molar-refractivity contribution >= 4 is 0 Å². The zero-order valence-corrected chi connectivity index (χ0v) is 14.5. The Hall–Kier alpha value is -0.160. The van der Waals surface area contributed by atoms with Crippen LogP contribution in [-0.4, -0.2) is 31.0 Å². The Bertz CT molecular complexity index is 292. The van der Waals surface area contributed by atoms with Gasteiger partial charge in [0.05, 0.1) is 12.3 Å². The maximum Gasteiger partial charge on any atom is 0.0604 e. The van der Waals surface area contributed by atoms with Gasteiger partial charge in [-0.3, -0.25) is 10.6 Å². The zero-order valence-electron chi connectivity index (χ0n) is 14.5. The summed E-state index contributed by atoms with van der Waals surface area (Å²) in [5.74, 6) is 0.649. The van der Waals surface area contributed by atoms with E-state index in [4.69, 9.17) is 10.5 Å². The van der Waals surface area contributed by atoms with Crippen LogP contribution in [0.5, 0.6) is 0 Å². The summed E-state index contributed by atoms with van der Waals surface area (Å²) in [6.07, 6.45) is 11.4. The molecule has 2 rings (SSSR count). The van der Waals surface area contributed by atoms with E-state index in [0.29, 0.717) is 30.3 Å². The van der Waals surface area contributed by atoms with Gasteiger partial charge in [0.1, 0.15) is 0 Å².